The van der Waals surface area contributed by atoms with E-state index in [1.165, 1.54) is 11.8 Å². The molecule has 1 aliphatic heterocycles. The Hall–Kier alpha value is -0.680. The number of halogens is 1. The molecule has 1 aliphatic rings. The van der Waals surface area contributed by atoms with Gasteiger partial charge in [-0.2, -0.15) is 0 Å². The summed E-state index contributed by atoms with van der Waals surface area (Å²) in [6.45, 7) is 1.07. The van der Waals surface area contributed by atoms with Crippen molar-refractivity contribution in [2.75, 3.05) is 13.2 Å². The highest BCUT2D eigenvalue weighted by atomic mass is 19.1. The van der Waals surface area contributed by atoms with Crippen LogP contribution in [0.25, 0.3) is 0 Å². The third-order valence-electron chi connectivity index (χ3n) is 2.21. The Kier molecular flexibility index (Phi) is 3.22. The van der Waals surface area contributed by atoms with Crippen LogP contribution in [0.3, 0.4) is 0 Å². The lowest BCUT2D eigenvalue weighted by atomic mass is 10.2. The van der Waals surface area contributed by atoms with E-state index in [1.54, 1.807) is 0 Å². The first-order valence-corrected chi connectivity index (χ1v) is 4.29. The van der Waals surface area contributed by atoms with Crippen molar-refractivity contribution in [3.8, 4) is 0 Å². The monoisotopic (exact) mass is 191 g/mol. The van der Waals surface area contributed by atoms with Gasteiger partial charge >= 0.3 is 0 Å². The lowest BCUT2D eigenvalue weighted by Gasteiger charge is -2.23. The molecule has 0 aromatic carbocycles. The van der Waals surface area contributed by atoms with E-state index in [2.05, 4.69) is 0 Å². The summed E-state index contributed by atoms with van der Waals surface area (Å²) >= 11 is 0. The number of carbonyl (C=O) groups is 1. The number of carbonyl (C=O) groups excluding carboxylic acids is 1. The standard InChI is InChI=1S/C8H14FNO3/c1-5(12)8(13)10-3-6(9)2-7(10)4-11/h5-7,11-12H,2-4H2,1H3/t5?,6-,7-/m0/s1. The van der Waals surface area contributed by atoms with Crippen LogP contribution >= 0.6 is 0 Å². The van der Waals surface area contributed by atoms with Gasteiger partial charge in [-0.25, -0.2) is 4.39 Å². The number of aliphatic hydroxyl groups excluding tert-OH is 2. The molecule has 1 unspecified atom stereocenters. The quantitative estimate of drug-likeness (QED) is 0.606. The molecule has 0 aromatic rings. The van der Waals surface area contributed by atoms with Crippen LogP contribution in [0.15, 0.2) is 0 Å². The van der Waals surface area contributed by atoms with Crippen LogP contribution in [0, 0.1) is 0 Å². The molecule has 4 nitrogen and oxygen atoms in total. The molecule has 0 aromatic heterocycles. The molecule has 1 amide bonds. The minimum Gasteiger partial charge on any atom is -0.394 e. The zero-order valence-corrected chi connectivity index (χ0v) is 7.48. The fourth-order valence-corrected chi connectivity index (χ4v) is 1.54. The van der Waals surface area contributed by atoms with Crippen molar-refractivity contribution in [1.82, 2.24) is 4.90 Å². The molecule has 0 spiro atoms. The van der Waals surface area contributed by atoms with Crippen molar-refractivity contribution in [2.24, 2.45) is 0 Å². The van der Waals surface area contributed by atoms with Gasteiger partial charge in [0.2, 0.25) is 0 Å². The molecular formula is C8H14FNO3. The second kappa shape index (κ2) is 4.02. The minimum absolute atomic E-state index is 0.0189. The number of rotatable bonds is 2. The van der Waals surface area contributed by atoms with Crippen LogP contribution < -0.4 is 0 Å². The fraction of sp³-hybridized carbons (Fsp3) is 0.875. The molecule has 3 atom stereocenters. The van der Waals surface area contributed by atoms with Gasteiger partial charge in [0.25, 0.3) is 5.91 Å². The van der Waals surface area contributed by atoms with Crippen LogP contribution in [0.5, 0.6) is 0 Å². The summed E-state index contributed by atoms with van der Waals surface area (Å²) in [5, 5.41) is 17.8. The lowest BCUT2D eigenvalue weighted by molar-refractivity contribution is -0.140. The van der Waals surface area contributed by atoms with E-state index in [-0.39, 0.29) is 19.6 Å². The first kappa shape index (κ1) is 10.4. The van der Waals surface area contributed by atoms with Crippen LogP contribution in [0.4, 0.5) is 4.39 Å². The van der Waals surface area contributed by atoms with Crippen LogP contribution in [0.1, 0.15) is 13.3 Å². The third kappa shape index (κ3) is 2.16. The average molecular weight is 191 g/mol. The largest absolute Gasteiger partial charge is 0.394 e. The highest BCUT2D eigenvalue weighted by Gasteiger charge is 2.35. The summed E-state index contributed by atoms with van der Waals surface area (Å²) in [6, 6.07) is -0.475. The number of likely N-dealkylation sites (tertiary alicyclic amines) is 1. The van der Waals surface area contributed by atoms with Gasteiger partial charge in [0.1, 0.15) is 12.3 Å². The van der Waals surface area contributed by atoms with E-state index in [0.717, 1.165) is 0 Å². The molecule has 1 fully saturated rings. The highest BCUT2D eigenvalue weighted by Crippen LogP contribution is 2.20. The molecular weight excluding hydrogens is 177 g/mol. The van der Waals surface area contributed by atoms with Gasteiger partial charge in [-0.05, 0) is 6.92 Å². The molecule has 13 heavy (non-hydrogen) atoms. The molecule has 1 heterocycles. The molecule has 1 rings (SSSR count). The number of alkyl halides is 1. The van der Waals surface area contributed by atoms with Crippen molar-refractivity contribution in [3.05, 3.63) is 0 Å². The first-order valence-electron chi connectivity index (χ1n) is 4.29. The van der Waals surface area contributed by atoms with Crippen molar-refractivity contribution in [2.45, 2.75) is 31.7 Å². The summed E-state index contributed by atoms with van der Waals surface area (Å²) in [5.41, 5.74) is 0. The van der Waals surface area contributed by atoms with Crippen molar-refractivity contribution in [1.29, 1.82) is 0 Å². The maximum atomic E-state index is 12.8. The molecule has 0 radical (unpaired) electrons. The van der Waals surface area contributed by atoms with E-state index in [0.29, 0.717) is 0 Å². The Balaban J connectivity index is 2.62. The Morgan fingerprint density at radius 2 is 2.38 bits per heavy atom. The Bertz CT molecular complexity index is 198. The van der Waals surface area contributed by atoms with Gasteiger partial charge in [-0.15, -0.1) is 0 Å². The third-order valence-corrected chi connectivity index (χ3v) is 2.21. The average Bonchev–Trinajstić information content (AvgIpc) is 2.45. The van der Waals surface area contributed by atoms with Gasteiger partial charge in [0.15, 0.2) is 0 Å². The zero-order chi connectivity index (χ0) is 10.0. The Morgan fingerprint density at radius 1 is 1.77 bits per heavy atom. The predicted octanol–water partition coefficient (Wildman–Crippen LogP) is -0.702. The normalized spacial score (nSPS) is 30.6. The maximum absolute atomic E-state index is 12.8. The van der Waals surface area contributed by atoms with Crippen molar-refractivity contribution >= 4 is 5.91 Å². The smallest absolute Gasteiger partial charge is 0.251 e. The van der Waals surface area contributed by atoms with E-state index in [1.807, 2.05) is 0 Å². The molecule has 76 valence electrons. The molecule has 0 saturated carbocycles. The van der Waals surface area contributed by atoms with E-state index in [9.17, 15) is 9.18 Å². The van der Waals surface area contributed by atoms with Crippen molar-refractivity contribution < 1.29 is 19.4 Å². The molecule has 0 aliphatic carbocycles. The van der Waals surface area contributed by atoms with Gasteiger partial charge in [-0.1, -0.05) is 0 Å². The predicted molar refractivity (Wildman–Crippen MR) is 43.8 cm³/mol. The van der Waals surface area contributed by atoms with Crippen molar-refractivity contribution in [3.63, 3.8) is 0 Å². The second-order valence-corrected chi connectivity index (χ2v) is 3.34. The van der Waals surface area contributed by atoms with Gasteiger partial charge < -0.3 is 15.1 Å². The number of hydrogen-bond acceptors (Lipinski definition) is 3. The summed E-state index contributed by atoms with van der Waals surface area (Å²) in [5.74, 6) is -0.515. The Labute approximate surface area is 76.0 Å². The number of aliphatic hydroxyl groups is 2. The fourth-order valence-electron chi connectivity index (χ4n) is 1.54. The van der Waals surface area contributed by atoms with Crippen LogP contribution in [-0.2, 0) is 4.79 Å². The minimum atomic E-state index is -1.13. The number of amides is 1. The summed E-state index contributed by atoms with van der Waals surface area (Å²) in [7, 11) is 0. The molecule has 1 saturated heterocycles. The lowest BCUT2D eigenvalue weighted by Crippen LogP contribution is -2.42. The Morgan fingerprint density at radius 3 is 2.85 bits per heavy atom. The SMILES string of the molecule is CC(O)C(=O)N1C[C@@H](F)C[C@H]1CO. The van der Waals surface area contributed by atoms with Gasteiger partial charge in [-0.3, -0.25) is 4.79 Å². The summed E-state index contributed by atoms with van der Waals surface area (Å²) in [4.78, 5) is 12.5. The first-order chi connectivity index (χ1) is 6.06. The molecule has 5 heteroatoms. The summed E-state index contributed by atoms with van der Waals surface area (Å²) < 4.78 is 12.8. The van der Waals surface area contributed by atoms with Crippen LogP contribution in [0.2, 0.25) is 0 Å². The van der Waals surface area contributed by atoms with Crippen LogP contribution in [-0.4, -0.2) is 52.5 Å². The van der Waals surface area contributed by atoms with Gasteiger partial charge in [0.05, 0.1) is 19.2 Å². The topological polar surface area (TPSA) is 60.8 Å². The number of hydrogen-bond donors (Lipinski definition) is 2. The molecule has 0 bridgehead atoms. The molecule has 2 N–H and O–H groups in total. The van der Waals surface area contributed by atoms with E-state index < -0.39 is 24.2 Å². The van der Waals surface area contributed by atoms with E-state index >= 15 is 0 Å². The number of nitrogens with zero attached hydrogens (tertiary/aromatic N) is 1. The maximum Gasteiger partial charge on any atom is 0.251 e. The van der Waals surface area contributed by atoms with Gasteiger partial charge in [0, 0.05) is 6.42 Å². The summed E-state index contributed by atoms with van der Waals surface area (Å²) in [6.07, 6.45) is -2.05. The van der Waals surface area contributed by atoms with E-state index in [4.69, 9.17) is 10.2 Å². The second-order valence-electron chi connectivity index (χ2n) is 3.34. The highest BCUT2D eigenvalue weighted by molar-refractivity contribution is 5.80. The zero-order valence-electron chi connectivity index (χ0n) is 7.48.